The van der Waals surface area contributed by atoms with Crippen LogP contribution in [0.3, 0.4) is 0 Å². The molecular formula is C15H21Cl2NO. The molecule has 0 saturated heterocycles. The summed E-state index contributed by atoms with van der Waals surface area (Å²) in [6, 6.07) is 5.69. The first kappa shape index (κ1) is 15.1. The molecule has 1 fully saturated rings. The van der Waals surface area contributed by atoms with Gasteiger partial charge >= 0.3 is 0 Å². The first-order valence-corrected chi connectivity index (χ1v) is 7.65. The van der Waals surface area contributed by atoms with E-state index in [2.05, 4.69) is 0 Å². The lowest BCUT2D eigenvalue weighted by atomic mass is 9.77. The summed E-state index contributed by atoms with van der Waals surface area (Å²) in [5.41, 5.74) is 7.26. The van der Waals surface area contributed by atoms with Gasteiger partial charge in [-0.25, -0.2) is 0 Å². The van der Waals surface area contributed by atoms with Crippen molar-refractivity contribution < 1.29 is 4.74 Å². The third-order valence-electron chi connectivity index (χ3n) is 3.72. The van der Waals surface area contributed by atoms with Crippen LogP contribution < -0.4 is 5.73 Å². The highest BCUT2D eigenvalue weighted by molar-refractivity contribution is 6.33. The van der Waals surface area contributed by atoms with E-state index < -0.39 is 0 Å². The summed E-state index contributed by atoms with van der Waals surface area (Å²) >= 11 is 12.1. The molecule has 0 heterocycles. The van der Waals surface area contributed by atoms with Crippen molar-refractivity contribution in [2.24, 2.45) is 11.7 Å². The summed E-state index contributed by atoms with van der Waals surface area (Å²) in [5, 5.41) is 1.47. The van der Waals surface area contributed by atoms with Gasteiger partial charge in [0.25, 0.3) is 0 Å². The Bertz CT molecular complexity index is 419. The van der Waals surface area contributed by atoms with Gasteiger partial charge in [-0.3, -0.25) is 0 Å². The predicted octanol–water partition coefficient (Wildman–Crippen LogP) is 4.07. The number of nitrogens with two attached hydrogens (primary N) is 1. The SMILES string of the molecule is CCOC1CC(CC(N)Cc2cc(Cl)ccc2Cl)C1. The molecule has 1 aromatic carbocycles. The number of benzene rings is 1. The largest absolute Gasteiger partial charge is 0.378 e. The Balaban J connectivity index is 1.79. The maximum absolute atomic E-state index is 6.21. The lowest BCUT2D eigenvalue weighted by molar-refractivity contribution is -0.0280. The second-order valence-corrected chi connectivity index (χ2v) is 6.19. The molecule has 0 spiro atoms. The van der Waals surface area contributed by atoms with Crippen molar-refractivity contribution in [1.29, 1.82) is 0 Å². The van der Waals surface area contributed by atoms with Crippen LogP contribution in [0.25, 0.3) is 0 Å². The topological polar surface area (TPSA) is 35.2 Å². The molecule has 0 bridgehead atoms. The van der Waals surface area contributed by atoms with Crippen molar-refractivity contribution in [3.8, 4) is 0 Å². The third-order valence-corrected chi connectivity index (χ3v) is 4.32. The van der Waals surface area contributed by atoms with Gasteiger partial charge in [0.1, 0.15) is 0 Å². The van der Waals surface area contributed by atoms with Crippen LogP contribution in [-0.2, 0) is 11.2 Å². The zero-order valence-electron chi connectivity index (χ0n) is 11.2. The van der Waals surface area contributed by atoms with Crippen molar-refractivity contribution >= 4 is 23.2 Å². The molecule has 4 heteroatoms. The monoisotopic (exact) mass is 301 g/mol. The van der Waals surface area contributed by atoms with E-state index in [1.54, 1.807) is 6.07 Å². The average Bonchev–Trinajstić information content (AvgIpc) is 2.31. The van der Waals surface area contributed by atoms with Crippen molar-refractivity contribution in [3.63, 3.8) is 0 Å². The minimum Gasteiger partial charge on any atom is -0.378 e. The van der Waals surface area contributed by atoms with Gasteiger partial charge in [0.05, 0.1) is 6.10 Å². The van der Waals surface area contributed by atoms with E-state index >= 15 is 0 Å². The Labute approximate surface area is 125 Å². The van der Waals surface area contributed by atoms with Crippen LogP contribution in [0.5, 0.6) is 0 Å². The van der Waals surface area contributed by atoms with Crippen LogP contribution in [0.2, 0.25) is 10.0 Å². The maximum atomic E-state index is 6.21. The van der Waals surface area contributed by atoms with E-state index in [4.69, 9.17) is 33.7 Å². The molecule has 19 heavy (non-hydrogen) atoms. The van der Waals surface area contributed by atoms with Gasteiger partial charge in [-0.15, -0.1) is 0 Å². The van der Waals surface area contributed by atoms with Crippen LogP contribution in [0, 0.1) is 5.92 Å². The van der Waals surface area contributed by atoms with Gasteiger partial charge in [0.2, 0.25) is 0 Å². The van der Waals surface area contributed by atoms with Crippen LogP contribution in [0.4, 0.5) is 0 Å². The molecule has 0 radical (unpaired) electrons. The molecule has 2 nitrogen and oxygen atoms in total. The summed E-state index contributed by atoms with van der Waals surface area (Å²) in [6.45, 7) is 2.85. The first-order valence-electron chi connectivity index (χ1n) is 6.89. The molecular weight excluding hydrogens is 281 g/mol. The van der Waals surface area contributed by atoms with E-state index in [1.165, 1.54) is 0 Å². The molecule has 106 valence electrons. The van der Waals surface area contributed by atoms with Crippen molar-refractivity contribution in [3.05, 3.63) is 33.8 Å². The Morgan fingerprint density at radius 2 is 2.11 bits per heavy atom. The van der Waals surface area contributed by atoms with E-state index in [-0.39, 0.29) is 6.04 Å². The fourth-order valence-electron chi connectivity index (χ4n) is 2.73. The first-order chi connectivity index (χ1) is 9.08. The number of hydrogen-bond acceptors (Lipinski definition) is 2. The summed E-state index contributed by atoms with van der Waals surface area (Å²) in [5.74, 6) is 0.699. The summed E-state index contributed by atoms with van der Waals surface area (Å²) in [6.07, 6.45) is 4.56. The van der Waals surface area contributed by atoms with E-state index in [9.17, 15) is 0 Å². The quantitative estimate of drug-likeness (QED) is 0.859. The highest BCUT2D eigenvalue weighted by atomic mass is 35.5. The predicted molar refractivity (Wildman–Crippen MR) is 80.9 cm³/mol. The molecule has 2 N–H and O–H groups in total. The Morgan fingerprint density at radius 1 is 1.37 bits per heavy atom. The van der Waals surface area contributed by atoms with E-state index in [0.29, 0.717) is 17.0 Å². The third kappa shape index (κ3) is 4.35. The zero-order valence-corrected chi connectivity index (χ0v) is 12.8. The fraction of sp³-hybridized carbons (Fsp3) is 0.600. The lowest BCUT2D eigenvalue weighted by Gasteiger charge is -2.36. The molecule has 1 atom stereocenters. The fourth-order valence-corrected chi connectivity index (χ4v) is 3.12. The Kier molecular flexibility index (Phi) is 5.52. The minimum atomic E-state index is 0.142. The van der Waals surface area contributed by atoms with Gasteiger partial charge in [0, 0.05) is 22.7 Å². The van der Waals surface area contributed by atoms with Crippen LogP contribution in [0.15, 0.2) is 18.2 Å². The van der Waals surface area contributed by atoms with Crippen LogP contribution in [-0.4, -0.2) is 18.8 Å². The zero-order chi connectivity index (χ0) is 13.8. The molecule has 0 aliphatic heterocycles. The van der Waals surface area contributed by atoms with Crippen LogP contribution in [0.1, 0.15) is 31.7 Å². The smallest absolute Gasteiger partial charge is 0.0580 e. The van der Waals surface area contributed by atoms with Crippen LogP contribution >= 0.6 is 23.2 Å². The Hall–Kier alpha value is -0.280. The number of rotatable bonds is 6. The molecule has 0 amide bonds. The maximum Gasteiger partial charge on any atom is 0.0580 e. The molecule has 1 aromatic rings. The van der Waals surface area contributed by atoms with Crippen molar-refractivity contribution in [2.75, 3.05) is 6.61 Å². The highest BCUT2D eigenvalue weighted by Crippen LogP contribution is 2.34. The number of halogens is 2. The average molecular weight is 302 g/mol. The standard InChI is InChI=1S/C15H21Cl2NO/c1-2-19-14-6-10(7-14)5-13(18)9-11-8-12(16)3-4-15(11)17/h3-4,8,10,13-14H,2,5-7,9,18H2,1H3. The lowest BCUT2D eigenvalue weighted by Crippen LogP contribution is -2.36. The van der Waals surface area contributed by atoms with E-state index in [0.717, 1.165) is 42.9 Å². The molecule has 1 saturated carbocycles. The molecule has 0 aromatic heterocycles. The van der Waals surface area contributed by atoms with Gasteiger partial charge in [-0.2, -0.15) is 0 Å². The van der Waals surface area contributed by atoms with Crippen molar-refractivity contribution in [1.82, 2.24) is 0 Å². The molecule has 1 unspecified atom stereocenters. The van der Waals surface area contributed by atoms with E-state index in [1.807, 2.05) is 19.1 Å². The molecule has 1 aliphatic rings. The molecule has 2 rings (SSSR count). The normalized spacial score (nSPS) is 24.0. The number of hydrogen-bond donors (Lipinski definition) is 1. The van der Waals surface area contributed by atoms with Crippen molar-refractivity contribution in [2.45, 2.75) is 44.8 Å². The second-order valence-electron chi connectivity index (χ2n) is 5.35. The van der Waals surface area contributed by atoms with Gasteiger partial charge in [-0.1, -0.05) is 23.2 Å². The van der Waals surface area contributed by atoms with Gasteiger partial charge in [0.15, 0.2) is 0 Å². The summed E-state index contributed by atoms with van der Waals surface area (Å²) in [4.78, 5) is 0. The number of ether oxygens (including phenoxy) is 1. The summed E-state index contributed by atoms with van der Waals surface area (Å²) < 4.78 is 5.56. The van der Waals surface area contributed by atoms with Gasteiger partial charge in [-0.05, 0) is 62.3 Å². The summed E-state index contributed by atoms with van der Waals surface area (Å²) in [7, 11) is 0. The second kappa shape index (κ2) is 6.94. The van der Waals surface area contributed by atoms with Gasteiger partial charge < -0.3 is 10.5 Å². The Morgan fingerprint density at radius 3 is 2.79 bits per heavy atom. The highest BCUT2D eigenvalue weighted by Gasteiger charge is 2.30. The molecule has 1 aliphatic carbocycles. The minimum absolute atomic E-state index is 0.142.